The Kier molecular flexibility index (Phi) is 7.40. The van der Waals surface area contributed by atoms with Gasteiger partial charge in [-0.2, -0.15) is 0 Å². The van der Waals surface area contributed by atoms with Gasteiger partial charge in [0.2, 0.25) is 0 Å². The van der Waals surface area contributed by atoms with Crippen molar-refractivity contribution in [2.24, 2.45) is 28.6 Å². The maximum absolute atomic E-state index is 11.9. The Balaban J connectivity index is 0.000000660. The van der Waals surface area contributed by atoms with Crippen molar-refractivity contribution in [2.45, 2.75) is 105 Å². The lowest BCUT2D eigenvalue weighted by atomic mass is 9.46. The van der Waals surface area contributed by atoms with Gasteiger partial charge in [0.1, 0.15) is 0 Å². The van der Waals surface area contributed by atoms with Crippen molar-refractivity contribution >= 4 is 5.78 Å². The fraction of sp³-hybridized carbons (Fsp3) is 0.808. The predicted octanol–water partition coefficient (Wildman–Crippen LogP) is 6.88. The number of ketones is 1. The third kappa shape index (κ3) is 3.44. The topological polar surface area (TPSA) is 37.3 Å². The highest BCUT2D eigenvalue weighted by Gasteiger charge is 2.63. The number of hydrogen-bond donors (Lipinski definition) is 1. The van der Waals surface area contributed by atoms with Crippen LogP contribution in [0.3, 0.4) is 0 Å². The van der Waals surface area contributed by atoms with Crippen LogP contribution in [-0.2, 0) is 4.79 Å². The monoisotopic (exact) mass is 388 g/mol. The number of hydrogen-bond acceptors (Lipinski definition) is 2. The van der Waals surface area contributed by atoms with E-state index in [9.17, 15) is 9.90 Å². The first-order valence-corrected chi connectivity index (χ1v) is 11.9. The van der Waals surface area contributed by atoms with Gasteiger partial charge in [-0.15, -0.1) is 0 Å². The second-order valence-corrected chi connectivity index (χ2v) is 9.39. The number of carbonyl (C=O) groups is 1. The summed E-state index contributed by atoms with van der Waals surface area (Å²) in [5.74, 6) is 2.40. The molecule has 0 bridgehead atoms. The lowest BCUT2D eigenvalue weighted by Crippen LogP contribution is -2.54. The summed E-state index contributed by atoms with van der Waals surface area (Å²) in [6, 6.07) is 0. The molecule has 0 aliphatic heterocycles. The van der Waals surface area contributed by atoms with Gasteiger partial charge in [0.25, 0.3) is 0 Å². The first-order valence-electron chi connectivity index (χ1n) is 11.9. The summed E-state index contributed by atoms with van der Waals surface area (Å²) >= 11 is 0. The third-order valence-electron chi connectivity index (χ3n) is 8.62. The number of rotatable bonds is 1. The minimum atomic E-state index is -0.614. The third-order valence-corrected chi connectivity index (χ3v) is 8.62. The zero-order valence-corrected chi connectivity index (χ0v) is 19.5. The fourth-order valence-corrected chi connectivity index (χ4v) is 7.16. The standard InChI is InChI=1S/C22H32O2.2C2H6/c1-4-10-22(24)13-9-19-17-6-5-15-14-16(23)7-11-20(15,2)18(17)8-12-21(19,22)3;2*1-2/h4,10,14,17-19,24H,5-9,11-13H2,1-3H3;2*1-2H3/b10-4-;;/t17?,18?,19?,20?,21?,22-;;/m0../s1. The van der Waals surface area contributed by atoms with Crippen molar-refractivity contribution in [2.75, 3.05) is 0 Å². The molecule has 2 heteroatoms. The Morgan fingerprint density at radius 2 is 1.61 bits per heavy atom. The van der Waals surface area contributed by atoms with Gasteiger partial charge in [-0.25, -0.2) is 0 Å². The molecule has 0 amide bonds. The van der Waals surface area contributed by atoms with Crippen LogP contribution in [0.4, 0.5) is 0 Å². The van der Waals surface area contributed by atoms with Crippen molar-refractivity contribution in [3.8, 4) is 0 Å². The zero-order chi connectivity index (χ0) is 21.2. The molecule has 4 aliphatic rings. The van der Waals surface area contributed by atoms with E-state index in [-0.39, 0.29) is 10.8 Å². The van der Waals surface area contributed by atoms with Gasteiger partial charge in [-0.1, -0.05) is 59.3 Å². The molecular formula is C26H44O2. The van der Waals surface area contributed by atoms with Crippen LogP contribution in [0.15, 0.2) is 23.8 Å². The molecule has 3 fully saturated rings. The molecule has 0 aromatic carbocycles. The molecule has 2 nitrogen and oxygen atoms in total. The molecule has 0 spiro atoms. The summed E-state index contributed by atoms with van der Waals surface area (Å²) in [5, 5.41) is 11.3. The van der Waals surface area contributed by atoms with Crippen molar-refractivity contribution in [3.63, 3.8) is 0 Å². The van der Waals surface area contributed by atoms with Crippen molar-refractivity contribution in [1.82, 2.24) is 0 Å². The molecule has 5 unspecified atom stereocenters. The average molecular weight is 389 g/mol. The zero-order valence-electron chi connectivity index (χ0n) is 19.5. The van der Waals surface area contributed by atoms with Crippen LogP contribution < -0.4 is 0 Å². The molecule has 6 atom stereocenters. The first-order chi connectivity index (χ1) is 13.3. The molecule has 0 aromatic rings. The normalized spacial score (nSPS) is 44.2. The molecule has 0 heterocycles. The minimum absolute atomic E-state index is 0.0305. The van der Waals surface area contributed by atoms with E-state index in [0.29, 0.717) is 17.6 Å². The summed E-state index contributed by atoms with van der Waals surface area (Å²) in [7, 11) is 0. The highest BCUT2D eigenvalue weighted by molar-refractivity contribution is 5.91. The molecule has 160 valence electrons. The Morgan fingerprint density at radius 1 is 0.964 bits per heavy atom. The highest BCUT2D eigenvalue weighted by atomic mass is 16.3. The number of aliphatic hydroxyl groups is 1. The molecule has 4 aliphatic carbocycles. The smallest absolute Gasteiger partial charge is 0.155 e. The Morgan fingerprint density at radius 3 is 2.25 bits per heavy atom. The largest absolute Gasteiger partial charge is 0.385 e. The van der Waals surface area contributed by atoms with E-state index in [1.54, 1.807) is 0 Å². The van der Waals surface area contributed by atoms with Gasteiger partial charge in [-0.3, -0.25) is 4.79 Å². The summed E-state index contributed by atoms with van der Waals surface area (Å²) < 4.78 is 0. The molecule has 28 heavy (non-hydrogen) atoms. The van der Waals surface area contributed by atoms with Crippen LogP contribution in [0, 0.1) is 28.6 Å². The molecule has 1 N–H and O–H groups in total. The maximum atomic E-state index is 11.9. The Bertz CT molecular complexity index is 618. The van der Waals surface area contributed by atoms with Crippen LogP contribution in [0.5, 0.6) is 0 Å². The fourth-order valence-electron chi connectivity index (χ4n) is 7.16. The van der Waals surface area contributed by atoms with E-state index in [4.69, 9.17) is 0 Å². The van der Waals surface area contributed by atoms with Crippen LogP contribution >= 0.6 is 0 Å². The van der Waals surface area contributed by atoms with E-state index < -0.39 is 5.60 Å². The predicted molar refractivity (Wildman–Crippen MR) is 119 cm³/mol. The van der Waals surface area contributed by atoms with E-state index >= 15 is 0 Å². The van der Waals surface area contributed by atoms with Crippen molar-refractivity contribution < 1.29 is 9.90 Å². The minimum Gasteiger partial charge on any atom is -0.385 e. The summed E-state index contributed by atoms with van der Waals surface area (Å²) in [6.45, 7) is 14.8. The number of allylic oxidation sites excluding steroid dienone is 2. The summed E-state index contributed by atoms with van der Waals surface area (Å²) in [4.78, 5) is 11.9. The molecule has 0 radical (unpaired) electrons. The Labute approximate surface area is 173 Å². The Hall–Kier alpha value is -0.890. The van der Waals surface area contributed by atoms with Crippen LogP contribution in [0.1, 0.15) is 99.8 Å². The molecular weight excluding hydrogens is 344 g/mol. The van der Waals surface area contributed by atoms with Crippen molar-refractivity contribution in [3.05, 3.63) is 23.8 Å². The quantitative estimate of drug-likeness (QED) is 0.497. The van der Waals surface area contributed by atoms with Crippen LogP contribution in [0.25, 0.3) is 0 Å². The average Bonchev–Trinajstić information content (AvgIpc) is 2.97. The van der Waals surface area contributed by atoms with E-state index in [1.807, 2.05) is 46.8 Å². The number of carbonyl (C=O) groups excluding carboxylic acids is 1. The van der Waals surface area contributed by atoms with Gasteiger partial charge in [0, 0.05) is 11.8 Å². The SMILES string of the molecule is C/C=C\[C@]1(O)CCC2C3CCC4=CC(=O)CCC4(C)C3CCC21C.CC.CC. The van der Waals surface area contributed by atoms with Crippen LogP contribution in [0.2, 0.25) is 0 Å². The van der Waals surface area contributed by atoms with E-state index in [1.165, 1.54) is 18.4 Å². The van der Waals surface area contributed by atoms with Gasteiger partial charge >= 0.3 is 0 Å². The second-order valence-electron chi connectivity index (χ2n) is 9.39. The van der Waals surface area contributed by atoms with Gasteiger partial charge in [0.05, 0.1) is 5.60 Å². The lowest BCUT2D eigenvalue weighted by Gasteiger charge is -2.59. The number of fused-ring (bicyclic) bond motifs is 5. The summed E-state index contributed by atoms with van der Waals surface area (Å²) in [5.41, 5.74) is 1.09. The van der Waals surface area contributed by atoms with Crippen LogP contribution in [-0.4, -0.2) is 16.5 Å². The van der Waals surface area contributed by atoms with Gasteiger partial charge in [-0.05, 0) is 81.1 Å². The second kappa shape index (κ2) is 8.86. The van der Waals surface area contributed by atoms with E-state index in [2.05, 4.69) is 19.9 Å². The summed E-state index contributed by atoms with van der Waals surface area (Å²) in [6.07, 6.45) is 14.6. The molecule has 3 saturated carbocycles. The van der Waals surface area contributed by atoms with Crippen molar-refractivity contribution in [1.29, 1.82) is 0 Å². The molecule has 0 saturated heterocycles. The van der Waals surface area contributed by atoms with Gasteiger partial charge in [0.15, 0.2) is 5.78 Å². The highest BCUT2D eigenvalue weighted by Crippen LogP contribution is 2.67. The maximum Gasteiger partial charge on any atom is 0.155 e. The van der Waals surface area contributed by atoms with E-state index in [0.717, 1.165) is 44.4 Å². The van der Waals surface area contributed by atoms with Gasteiger partial charge < -0.3 is 5.11 Å². The lowest BCUT2D eigenvalue weighted by molar-refractivity contribution is -0.120. The first kappa shape index (κ1) is 23.4. The molecule has 4 rings (SSSR count). The molecule has 0 aromatic heterocycles.